The number of rotatable bonds is 5. The van der Waals surface area contributed by atoms with Crippen LogP contribution >= 0.6 is 11.6 Å². The standard InChI is InChI=1S/C15H23ClN4O/c1-4-8-17-13-6-5-12(16)14(18-13)15(21)20-9-7-11(10-20)19(2)3/h5-6,11H,4,7-10H2,1-3H3,(H,17,18). The highest BCUT2D eigenvalue weighted by Gasteiger charge is 2.29. The summed E-state index contributed by atoms with van der Waals surface area (Å²) in [5, 5.41) is 3.60. The first-order chi connectivity index (χ1) is 10.0. The molecule has 0 saturated carbocycles. The third-order valence-corrected chi connectivity index (χ3v) is 4.09. The second-order valence-corrected chi connectivity index (χ2v) is 6.02. The van der Waals surface area contributed by atoms with Gasteiger partial charge in [-0.25, -0.2) is 4.98 Å². The Labute approximate surface area is 131 Å². The Morgan fingerprint density at radius 3 is 2.90 bits per heavy atom. The van der Waals surface area contributed by atoms with Gasteiger partial charge in [-0.2, -0.15) is 0 Å². The van der Waals surface area contributed by atoms with Crippen LogP contribution in [0.4, 0.5) is 5.82 Å². The lowest BCUT2D eigenvalue weighted by Crippen LogP contribution is -2.35. The van der Waals surface area contributed by atoms with Crippen LogP contribution in [0.2, 0.25) is 5.02 Å². The fourth-order valence-electron chi connectivity index (χ4n) is 2.44. The van der Waals surface area contributed by atoms with E-state index in [2.05, 4.69) is 22.1 Å². The monoisotopic (exact) mass is 310 g/mol. The van der Waals surface area contributed by atoms with Crippen LogP contribution in [-0.2, 0) is 0 Å². The number of likely N-dealkylation sites (tertiary alicyclic amines) is 1. The third-order valence-electron chi connectivity index (χ3n) is 3.79. The lowest BCUT2D eigenvalue weighted by Gasteiger charge is -2.20. The molecule has 5 nitrogen and oxygen atoms in total. The minimum atomic E-state index is -0.0792. The van der Waals surface area contributed by atoms with E-state index in [0.29, 0.717) is 22.6 Å². The molecule has 1 saturated heterocycles. The van der Waals surface area contributed by atoms with Crippen molar-refractivity contribution < 1.29 is 4.79 Å². The molecule has 0 spiro atoms. The van der Waals surface area contributed by atoms with E-state index >= 15 is 0 Å². The number of hydrogen-bond acceptors (Lipinski definition) is 4. The van der Waals surface area contributed by atoms with E-state index in [1.165, 1.54) is 0 Å². The Kier molecular flexibility index (Phi) is 5.42. The lowest BCUT2D eigenvalue weighted by molar-refractivity contribution is 0.0777. The molecule has 116 valence electrons. The zero-order chi connectivity index (χ0) is 15.4. The van der Waals surface area contributed by atoms with Gasteiger partial charge >= 0.3 is 0 Å². The minimum absolute atomic E-state index is 0.0792. The van der Waals surface area contributed by atoms with Gasteiger partial charge in [0.2, 0.25) is 0 Å². The van der Waals surface area contributed by atoms with Crippen molar-refractivity contribution in [2.75, 3.05) is 39.0 Å². The van der Waals surface area contributed by atoms with Crippen LogP contribution in [0.5, 0.6) is 0 Å². The van der Waals surface area contributed by atoms with Crippen LogP contribution in [0.25, 0.3) is 0 Å². The number of pyridine rings is 1. The van der Waals surface area contributed by atoms with Gasteiger partial charge in [0.25, 0.3) is 5.91 Å². The highest BCUT2D eigenvalue weighted by atomic mass is 35.5. The van der Waals surface area contributed by atoms with Gasteiger partial charge in [0.05, 0.1) is 5.02 Å². The van der Waals surface area contributed by atoms with Gasteiger partial charge in [0.1, 0.15) is 11.5 Å². The zero-order valence-corrected chi connectivity index (χ0v) is 13.7. The molecule has 0 aromatic carbocycles. The quantitative estimate of drug-likeness (QED) is 0.907. The minimum Gasteiger partial charge on any atom is -0.370 e. The molecule has 2 heterocycles. The molecule has 1 aliphatic heterocycles. The van der Waals surface area contributed by atoms with E-state index < -0.39 is 0 Å². The molecule has 21 heavy (non-hydrogen) atoms. The molecular formula is C15H23ClN4O. The van der Waals surface area contributed by atoms with E-state index in [-0.39, 0.29) is 5.91 Å². The Morgan fingerprint density at radius 2 is 2.29 bits per heavy atom. The SMILES string of the molecule is CCCNc1ccc(Cl)c(C(=O)N2CCC(N(C)C)C2)n1. The smallest absolute Gasteiger partial charge is 0.274 e. The summed E-state index contributed by atoms with van der Waals surface area (Å²) < 4.78 is 0. The Bertz CT molecular complexity index is 506. The molecule has 1 fully saturated rings. The summed E-state index contributed by atoms with van der Waals surface area (Å²) in [6.45, 7) is 4.40. The molecule has 1 amide bonds. The lowest BCUT2D eigenvalue weighted by atomic mass is 10.2. The fourth-order valence-corrected chi connectivity index (χ4v) is 2.63. The van der Waals surface area contributed by atoms with E-state index in [4.69, 9.17) is 11.6 Å². The summed E-state index contributed by atoms with van der Waals surface area (Å²) in [6, 6.07) is 3.95. The molecule has 0 bridgehead atoms. The van der Waals surface area contributed by atoms with Crippen molar-refractivity contribution in [2.45, 2.75) is 25.8 Å². The van der Waals surface area contributed by atoms with Crippen LogP contribution in [0, 0.1) is 0 Å². The molecule has 2 rings (SSSR count). The fraction of sp³-hybridized carbons (Fsp3) is 0.600. The average Bonchev–Trinajstić information content (AvgIpc) is 2.95. The molecule has 1 N–H and O–H groups in total. The van der Waals surface area contributed by atoms with Crippen molar-refractivity contribution >= 4 is 23.3 Å². The van der Waals surface area contributed by atoms with Crippen LogP contribution in [0.1, 0.15) is 30.3 Å². The summed E-state index contributed by atoms with van der Waals surface area (Å²) >= 11 is 6.15. The normalized spacial score (nSPS) is 18.3. The van der Waals surface area contributed by atoms with Crippen molar-refractivity contribution in [3.8, 4) is 0 Å². The van der Waals surface area contributed by atoms with Gasteiger partial charge < -0.3 is 15.1 Å². The second-order valence-electron chi connectivity index (χ2n) is 5.61. The number of anilines is 1. The molecule has 1 aromatic heterocycles. The Balaban J connectivity index is 2.11. The predicted molar refractivity (Wildman–Crippen MR) is 86.0 cm³/mol. The third kappa shape index (κ3) is 3.86. The van der Waals surface area contributed by atoms with Crippen molar-refractivity contribution in [1.29, 1.82) is 0 Å². The molecule has 1 atom stereocenters. The summed E-state index contributed by atoms with van der Waals surface area (Å²) in [6.07, 6.45) is 1.99. The number of amides is 1. The summed E-state index contributed by atoms with van der Waals surface area (Å²) in [4.78, 5) is 21.0. The number of carbonyl (C=O) groups is 1. The van der Waals surface area contributed by atoms with E-state index in [0.717, 1.165) is 32.5 Å². The molecular weight excluding hydrogens is 288 g/mol. The summed E-state index contributed by atoms with van der Waals surface area (Å²) in [5.41, 5.74) is 0.345. The van der Waals surface area contributed by atoms with Crippen molar-refractivity contribution in [1.82, 2.24) is 14.8 Å². The van der Waals surface area contributed by atoms with Crippen molar-refractivity contribution in [3.05, 3.63) is 22.8 Å². The molecule has 1 aliphatic rings. The van der Waals surface area contributed by atoms with Crippen molar-refractivity contribution in [2.24, 2.45) is 0 Å². The number of nitrogens with zero attached hydrogens (tertiary/aromatic N) is 3. The van der Waals surface area contributed by atoms with E-state index in [9.17, 15) is 4.79 Å². The zero-order valence-electron chi connectivity index (χ0n) is 12.9. The maximum absolute atomic E-state index is 12.6. The molecule has 1 aromatic rings. The number of carbonyl (C=O) groups excluding carboxylic acids is 1. The summed E-state index contributed by atoms with van der Waals surface area (Å²) in [7, 11) is 4.08. The van der Waals surface area contributed by atoms with Gasteiger partial charge in [0.15, 0.2) is 0 Å². The second kappa shape index (κ2) is 7.09. The number of hydrogen-bond donors (Lipinski definition) is 1. The number of likely N-dealkylation sites (N-methyl/N-ethyl adjacent to an activating group) is 1. The first kappa shape index (κ1) is 16.0. The Hall–Kier alpha value is -1.33. The highest BCUT2D eigenvalue weighted by molar-refractivity contribution is 6.33. The average molecular weight is 311 g/mol. The van der Waals surface area contributed by atoms with Crippen LogP contribution in [0.15, 0.2) is 12.1 Å². The first-order valence-corrected chi connectivity index (χ1v) is 7.76. The highest BCUT2D eigenvalue weighted by Crippen LogP contribution is 2.21. The van der Waals surface area contributed by atoms with Crippen LogP contribution in [-0.4, -0.2) is 60.5 Å². The van der Waals surface area contributed by atoms with Gasteiger partial charge in [-0.3, -0.25) is 4.79 Å². The van der Waals surface area contributed by atoms with Gasteiger partial charge in [-0.05, 0) is 39.1 Å². The predicted octanol–water partition coefficient (Wildman–Crippen LogP) is 2.33. The Morgan fingerprint density at radius 1 is 1.52 bits per heavy atom. The molecule has 1 unspecified atom stereocenters. The van der Waals surface area contributed by atoms with Gasteiger partial charge in [-0.15, -0.1) is 0 Å². The molecule has 0 radical (unpaired) electrons. The molecule has 0 aliphatic carbocycles. The van der Waals surface area contributed by atoms with Gasteiger partial charge in [0, 0.05) is 25.7 Å². The maximum atomic E-state index is 12.6. The van der Waals surface area contributed by atoms with Crippen LogP contribution < -0.4 is 5.32 Å². The number of nitrogens with one attached hydrogen (secondary N) is 1. The van der Waals surface area contributed by atoms with Crippen molar-refractivity contribution in [3.63, 3.8) is 0 Å². The maximum Gasteiger partial charge on any atom is 0.274 e. The van der Waals surface area contributed by atoms with Gasteiger partial charge in [-0.1, -0.05) is 18.5 Å². The van der Waals surface area contributed by atoms with E-state index in [1.54, 1.807) is 12.1 Å². The largest absolute Gasteiger partial charge is 0.370 e. The topological polar surface area (TPSA) is 48.5 Å². The van der Waals surface area contributed by atoms with E-state index in [1.807, 2.05) is 19.0 Å². The number of aromatic nitrogens is 1. The number of halogens is 1. The molecule has 6 heteroatoms. The summed E-state index contributed by atoms with van der Waals surface area (Å²) in [5.74, 6) is 0.623. The van der Waals surface area contributed by atoms with Crippen LogP contribution in [0.3, 0.4) is 0 Å². The first-order valence-electron chi connectivity index (χ1n) is 7.39.